The summed E-state index contributed by atoms with van der Waals surface area (Å²) < 4.78 is 34.7. The zero-order valence-corrected chi connectivity index (χ0v) is 37.9. The largest absolute Gasteiger partial charge is 0.492 e. The number of allylic oxidation sites excluding steroid dienone is 13. The summed E-state index contributed by atoms with van der Waals surface area (Å²) in [5.41, 5.74) is 0. The standard InChI is InChI=1S/C48H84NO7P/c1-6-8-10-12-14-16-18-20-22-24-25-26-27-29-31-33-35-37-39-41-48(50)54-45-47(46-56-57(51,52)55-44-42-49(3,4)5)53-43-40-38-36-34-32-30-28-23-21-19-17-15-13-11-9-7-2/h8,10,14,16-17,19-20,22,25-26,29,31,40,43,47H,6-7,9,11-13,15,18,21,23-24,27-28,30,32-39,41-42,44-46H2,1-5H3/p+1/b10-8-,16-14-,19-17-,22-20-,26-25-,31-29-,43-40-. The van der Waals surface area contributed by atoms with Gasteiger partial charge in [0.05, 0.1) is 34.0 Å². The molecule has 9 heteroatoms. The number of carbonyl (C=O) groups excluding carboxylic acids is 1. The van der Waals surface area contributed by atoms with Crippen molar-refractivity contribution in [2.75, 3.05) is 47.5 Å². The molecule has 57 heavy (non-hydrogen) atoms. The van der Waals surface area contributed by atoms with Gasteiger partial charge in [-0.15, -0.1) is 0 Å². The van der Waals surface area contributed by atoms with Gasteiger partial charge in [-0.3, -0.25) is 13.8 Å². The lowest BCUT2D eigenvalue weighted by molar-refractivity contribution is -0.870. The number of phosphoric acid groups is 1. The predicted molar refractivity (Wildman–Crippen MR) is 242 cm³/mol. The monoisotopic (exact) mass is 819 g/mol. The molecule has 0 bridgehead atoms. The number of carbonyl (C=O) groups is 1. The summed E-state index contributed by atoms with van der Waals surface area (Å²) >= 11 is 0. The van der Waals surface area contributed by atoms with Gasteiger partial charge in [-0.25, -0.2) is 4.57 Å². The number of nitrogens with zero attached hydrogens (tertiary/aromatic N) is 1. The Labute approximate surface area is 350 Å². The van der Waals surface area contributed by atoms with Gasteiger partial charge >= 0.3 is 13.8 Å². The molecule has 328 valence electrons. The molecule has 0 fully saturated rings. The van der Waals surface area contributed by atoms with Crippen LogP contribution in [0.4, 0.5) is 0 Å². The molecule has 8 nitrogen and oxygen atoms in total. The van der Waals surface area contributed by atoms with Gasteiger partial charge in [0.1, 0.15) is 19.8 Å². The summed E-state index contributed by atoms with van der Waals surface area (Å²) in [6, 6.07) is 0. The lowest BCUT2D eigenvalue weighted by Gasteiger charge is -2.24. The second-order valence-electron chi connectivity index (χ2n) is 15.8. The minimum Gasteiger partial charge on any atom is -0.492 e. The van der Waals surface area contributed by atoms with Crippen LogP contribution >= 0.6 is 7.82 Å². The lowest BCUT2D eigenvalue weighted by atomic mass is 10.1. The van der Waals surface area contributed by atoms with Crippen LogP contribution in [0.3, 0.4) is 0 Å². The first-order valence-electron chi connectivity index (χ1n) is 22.4. The van der Waals surface area contributed by atoms with Gasteiger partial charge in [0.2, 0.25) is 0 Å². The first kappa shape index (κ1) is 54.5. The van der Waals surface area contributed by atoms with E-state index >= 15 is 0 Å². The van der Waals surface area contributed by atoms with Crippen molar-refractivity contribution in [3.8, 4) is 0 Å². The molecule has 0 aromatic carbocycles. The second-order valence-corrected chi connectivity index (χ2v) is 17.2. The molecule has 0 aliphatic rings. The van der Waals surface area contributed by atoms with Crippen LogP contribution in [0.15, 0.2) is 85.3 Å². The van der Waals surface area contributed by atoms with E-state index in [4.69, 9.17) is 18.5 Å². The van der Waals surface area contributed by atoms with Crippen LogP contribution in [0.2, 0.25) is 0 Å². The van der Waals surface area contributed by atoms with E-state index in [0.717, 1.165) is 70.6 Å². The van der Waals surface area contributed by atoms with Gasteiger partial charge in [-0.1, -0.05) is 138 Å². The second kappa shape index (κ2) is 40.3. The minimum absolute atomic E-state index is 0.0733. The molecule has 0 saturated heterocycles. The number of unbranched alkanes of at least 4 members (excludes halogenated alkanes) is 14. The Morgan fingerprint density at radius 3 is 1.56 bits per heavy atom. The third-order valence-corrected chi connectivity index (χ3v) is 10.0. The zero-order chi connectivity index (χ0) is 42.0. The topological polar surface area (TPSA) is 91.3 Å². The number of ether oxygens (including phenoxy) is 2. The highest BCUT2D eigenvalue weighted by molar-refractivity contribution is 7.47. The molecular weight excluding hydrogens is 734 g/mol. The van der Waals surface area contributed by atoms with E-state index < -0.39 is 13.9 Å². The predicted octanol–water partition coefficient (Wildman–Crippen LogP) is 13.6. The molecule has 0 heterocycles. The molecule has 0 spiro atoms. The quantitative estimate of drug-likeness (QED) is 0.0164. The Hall–Kier alpha value is -2.48. The number of hydrogen-bond donors (Lipinski definition) is 1. The summed E-state index contributed by atoms with van der Waals surface area (Å²) in [4.78, 5) is 22.7. The minimum atomic E-state index is -4.28. The van der Waals surface area contributed by atoms with Crippen molar-refractivity contribution < 1.29 is 37.3 Å². The normalized spacial score (nSPS) is 14.5. The van der Waals surface area contributed by atoms with Gasteiger partial charge in [0, 0.05) is 6.42 Å². The molecular formula is C48H85NO7P+. The van der Waals surface area contributed by atoms with Crippen molar-refractivity contribution in [2.24, 2.45) is 0 Å². The van der Waals surface area contributed by atoms with E-state index in [2.05, 4.69) is 86.8 Å². The molecule has 2 atom stereocenters. The fraction of sp³-hybridized carbons (Fsp3) is 0.688. The highest BCUT2D eigenvalue weighted by Gasteiger charge is 2.25. The summed E-state index contributed by atoms with van der Waals surface area (Å²) in [7, 11) is 1.64. The molecule has 2 unspecified atom stereocenters. The number of hydrogen-bond acceptors (Lipinski definition) is 6. The van der Waals surface area contributed by atoms with Gasteiger partial charge in [-0.05, 0) is 96.0 Å². The van der Waals surface area contributed by atoms with Crippen molar-refractivity contribution >= 4 is 13.8 Å². The molecule has 1 N–H and O–H groups in total. The van der Waals surface area contributed by atoms with Crippen molar-refractivity contribution in [2.45, 2.75) is 168 Å². The Morgan fingerprint density at radius 2 is 1.04 bits per heavy atom. The Kier molecular flexibility index (Phi) is 38.6. The molecule has 0 aromatic heterocycles. The Balaban J connectivity index is 4.37. The molecule has 0 aliphatic carbocycles. The lowest BCUT2D eigenvalue weighted by Crippen LogP contribution is -2.37. The van der Waals surface area contributed by atoms with E-state index in [-0.39, 0.29) is 25.8 Å². The van der Waals surface area contributed by atoms with Gasteiger partial charge in [0.25, 0.3) is 0 Å². The van der Waals surface area contributed by atoms with E-state index in [1.807, 2.05) is 27.2 Å². The van der Waals surface area contributed by atoms with Crippen LogP contribution in [0, 0.1) is 0 Å². The van der Waals surface area contributed by atoms with Crippen LogP contribution < -0.4 is 0 Å². The third-order valence-electron chi connectivity index (χ3n) is 9.03. The fourth-order valence-electron chi connectivity index (χ4n) is 5.50. The first-order chi connectivity index (χ1) is 27.6. The van der Waals surface area contributed by atoms with E-state index in [9.17, 15) is 14.3 Å². The molecule has 0 aromatic rings. The van der Waals surface area contributed by atoms with Crippen molar-refractivity contribution in [3.05, 3.63) is 85.3 Å². The molecule has 0 saturated carbocycles. The molecule has 0 amide bonds. The number of likely N-dealkylation sites (N-methyl/N-ethyl adjacent to an activating group) is 1. The van der Waals surface area contributed by atoms with E-state index in [1.54, 1.807) is 6.26 Å². The SMILES string of the molecule is CC/C=C\C/C=C\C/C=C\C/C=C\C/C=C\CCCCCC(=O)OCC(COP(=O)(O)OCC[N+](C)(C)C)O/C=C\CCCCCCCC/C=C\CCCCCC. The van der Waals surface area contributed by atoms with Crippen LogP contribution in [0.5, 0.6) is 0 Å². The van der Waals surface area contributed by atoms with Crippen LogP contribution in [0.1, 0.15) is 162 Å². The molecule has 0 radical (unpaired) electrons. The average Bonchev–Trinajstić information content (AvgIpc) is 3.17. The summed E-state index contributed by atoms with van der Waals surface area (Å²) in [6.07, 6.45) is 54.3. The van der Waals surface area contributed by atoms with Crippen molar-refractivity contribution in [1.82, 2.24) is 0 Å². The first-order valence-corrected chi connectivity index (χ1v) is 23.9. The van der Waals surface area contributed by atoms with Crippen LogP contribution in [-0.4, -0.2) is 69.0 Å². The van der Waals surface area contributed by atoms with Gasteiger partial charge in [0.15, 0.2) is 6.10 Å². The maximum absolute atomic E-state index is 12.5. The van der Waals surface area contributed by atoms with E-state index in [0.29, 0.717) is 17.4 Å². The van der Waals surface area contributed by atoms with Gasteiger partial charge < -0.3 is 18.9 Å². The highest BCUT2D eigenvalue weighted by atomic mass is 31.2. The van der Waals surface area contributed by atoms with Crippen LogP contribution in [0.25, 0.3) is 0 Å². The summed E-state index contributed by atoms with van der Waals surface area (Å²) in [5.74, 6) is -0.313. The third kappa shape index (κ3) is 44.5. The maximum Gasteiger partial charge on any atom is 0.472 e. The Bertz CT molecular complexity index is 1180. The van der Waals surface area contributed by atoms with Gasteiger partial charge in [-0.2, -0.15) is 0 Å². The smallest absolute Gasteiger partial charge is 0.472 e. The number of quaternary nitrogens is 1. The summed E-state index contributed by atoms with van der Waals surface area (Å²) in [6.45, 7) is 4.72. The number of phosphoric ester groups is 1. The van der Waals surface area contributed by atoms with Crippen molar-refractivity contribution in [3.63, 3.8) is 0 Å². The van der Waals surface area contributed by atoms with E-state index in [1.165, 1.54) is 70.6 Å². The highest BCUT2D eigenvalue weighted by Crippen LogP contribution is 2.43. The zero-order valence-electron chi connectivity index (χ0n) is 37.0. The molecule has 0 rings (SSSR count). The molecule has 0 aliphatic heterocycles. The fourth-order valence-corrected chi connectivity index (χ4v) is 6.24. The van der Waals surface area contributed by atoms with Crippen LogP contribution in [-0.2, 0) is 27.9 Å². The number of rotatable bonds is 40. The number of esters is 1. The Morgan fingerprint density at radius 1 is 0.579 bits per heavy atom. The van der Waals surface area contributed by atoms with Crippen molar-refractivity contribution in [1.29, 1.82) is 0 Å². The maximum atomic E-state index is 12.5. The average molecular weight is 819 g/mol. The summed E-state index contributed by atoms with van der Waals surface area (Å²) in [5, 5.41) is 0.